The van der Waals surface area contributed by atoms with Gasteiger partial charge in [0.2, 0.25) is 5.91 Å². The number of hydrogen-bond donors (Lipinski definition) is 2. The van der Waals surface area contributed by atoms with Crippen LogP contribution in [0.2, 0.25) is 0 Å². The van der Waals surface area contributed by atoms with E-state index in [0.717, 1.165) is 5.56 Å². The molecule has 0 aliphatic rings. The number of methoxy groups -OCH3 is 2. The number of aliphatic hydroxyl groups excluding tert-OH is 1. The molecule has 19 heavy (non-hydrogen) atoms. The van der Waals surface area contributed by atoms with Gasteiger partial charge in [0.15, 0.2) is 0 Å². The first-order valence-electron chi connectivity index (χ1n) is 5.72. The molecule has 2 N–H and O–H groups in total. The summed E-state index contributed by atoms with van der Waals surface area (Å²) in [5.74, 6) is -0.590. The highest BCUT2D eigenvalue weighted by molar-refractivity contribution is 5.85. The molecule has 104 valence electrons. The number of carbonyl (C=O) groups excluding carboxylic acids is 2. The standard InChI is InChI=1S/C13H17NO5/c1-18-11-6-4-3-5-9(11)7-10(13(17)19-2)14-12(16)8-15/h3-6,10,15H,7-8H2,1-2H3,(H,14,16)/t10-/m1/s1. The maximum absolute atomic E-state index is 11.6. The minimum Gasteiger partial charge on any atom is -0.496 e. The Kier molecular flexibility index (Phi) is 5.81. The fourth-order valence-corrected chi connectivity index (χ4v) is 1.67. The summed E-state index contributed by atoms with van der Waals surface area (Å²) in [5.41, 5.74) is 0.763. The van der Waals surface area contributed by atoms with Crippen LogP contribution in [-0.2, 0) is 20.7 Å². The van der Waals surface area contributed by atoms with Crippen LogP contribution in [0.3, 0.4) is 0 Å². The number of hydrogen-bond acceptors (Lipinski definition) is 5. The summed E-state index contributed by atoms with van der Waals surface area (Å²) < 4.78 is 9.80. The highest BCUT2D eigenvalue weighted by atomic mass is 16.5. The quantitative estimate of drug-likeness (QED) is 0.702. The summed E-state index contributed by atoms with van der Waals surface area (Å²) in [6.45, 7) is -0.681. The molecule has 0 heterocycles. The Balaban J connectivity index is 2.87. The first-order chi connectivity index (χ1) is 9.12. The number of amides is 1. The molecule has 0 bridgehead atoms. The van der Waals surface area contributed by atoms with Crippen LogP contribution in [0.5, 0.6) is 5.75 Å². The first kappa shape index (κ1) is 15.0. The molecule has 0 saturated heterocycles. The lowest BCUT2D eigenvalue weighted by Gasteiger charge is -2.17. The zero-order valence-electron chi connectivity index (χ0n) is 10.9. The third-order valence-corrected chi connectivity index (χ3v) is 2.58. The van der Waals surface area contributed by atoms with Crippen LogP contribution < -0.4 is 10.1 Å². The second-order valence-corrected chi connectivity index (χ2v) is 3.82. The van der Waals surface area contributed by atoms with Gasteiger partial charge < -0.3 is 19.9 Å². The molecule has 0 unspecified atom stereocenters. The van der Waals surface area contributed by atoms with Crippen molar-refractivity contribution in [2.45, 2.75) is 12.5 Å². The largest absolute Gasteiger partial charge is 0.496 e. The Labute approximate surface area is 111 Å². The molecule has 0 aliphatic heterocycles. The molecule has 1 amide bonds. The Morgan fingerprint density at radius 1 is 1.32 bits per heavy atom. The monoisotopic (exact) mass is 267 g/mol. The lowest BCUT2D eigenvalue weighted by atomic mass is 10.0. The summed E-state index contributed by atoms with van der Waals surface area (Å²) in [6.07, 6.45) is 0.225. The van der Waals surface area contributed by atoms with Crippen molar-refractivity contribution >= 4 is 11.9 Å². The molecule has 1 aromatic carbocycles. The average Bonchev–Trinajstić information content (AvgIpc) is 2.45. The van der Waals surface area contributed by atoms with Crippen LogP contribution in [0.4, 0.5) is 0 Å². The average molecular weight is 267 g/mol. The zero-order valence-corrected chi connectivity index (χ0v) is 10.9. The minimum absolute atomic E-state index is 0.225. The normalized spacial score (nSPS) is 11.5. The Bertz CT molecular complexity index is 446. The molecule has 1 aromatic rings. The number of nitrogens with one attached hydrogen (secondary N) is 1. The van der Waals surface area contributed by atoms with E-state index >= 15 is 0 Å². The van der Waals surface area contributed by atoms with Crippen molar-refractivity contribution in [2.24, 2.45) is 0 Å². The van der Waals surface area contributed by atoms with Gasteiger partial charge in [-0.1, -0.05) is 18.2 Å². The Morgan fingerprint density at radius 2 is 2.00 bits per heavy atom. The van der Waals surface area contributed by atoms with Crippen LogP contribution in [-0.4, -0.2) is 43.9 Å². The van der Waals surface area contributed by atoms with Crippen LogP contribution >= 0.6 is 0 Å². The number of carbonyl (C=O) groups is 2. The molecule has 1 atom stereocenters. The van der Waals surface area contributed by atoms with E-state index in [9.17, 15) is 9.59 Å². The predicted molar refractivity (Wildman–Crippen MR) is 67.7 cm³/mol. The van der Waals surface area contributed by atoms with Crippen LogP contribution in [0.1, 0.15) is 5.56 Å². The smallest absolute Gasteiger partial charge is 0.328 e. The molecule has 0 saturated carbocycles. The van der Waals surface area contributed by atoms with Crippen LogP contribution in [0.25, 0.3) is 0 Å². The van der Waals surface area contributed by atoms with Crippen molar-refractivity contribution in [3.63, 3.8) is 0 Å². The summed E-state index contributed by atoms with van der Waals surface area (Å²) in [4.78, 5) is 22.8. The number of ether oxygens (including phenoxy) is 2. The van der Waals surface area contributed by atoms with Gasteiger partial charge in [0, 0.05) is 6.42 Å². The molecule has 6 heteroatoms. The first-order valence-corrected chi connectivity index (χ1v) is 5.72. The maximum atomic E-state index is 11.6. The molecule has 6 nitrogen and oxygen atoms in total. The predicted octanol–water partition coefficient (Wildman–Crippen LogP) is -0.112. The van der Waals surface area contributed by atoms with Crippen LogP contribution in [0.15, 0.2) is 24.3 Å². The van der Waals surface area contributed by atoms with Gasteiger partial charge in [0.25, 0.3) is 0 Å². The van der Waals surface area contributed by atoms with Gasteiger partial charge >= 0.3 is 5.97 Å². The van der Waals surface area contributed by atoms with Crippen molar-refractivity contribution in [3.05, 3.63) is 29.8 Å². The van der Waals surface area contributed by atoms with Crippen molar-refractivity contribution < 1.29 is 24.2 Å². The Morgan fingerprint density at radius 3 is 2.58 bits per heavy atom. The van der Waals surface area contributed by atoms with Gasteiger partial charge in [-0.05, 0) is 11.6 Å². The van der Waals surface area contributed by atoms with Crippen molar-refractivity contribution in [2.75, 3.05) is 20.8 Å². The lowest BCUT2D eigenvalue weighted by Crippen LogP contribution is -2.44. The van der Waals surface area contributed by atoms with Crippen molar-refractivity contribution in [3.8, 4) is 5.75 Å². The second-order valence-electron chi connectivity index (χ2n) is 3.82. The van der Waals surface area contributed by atoms with E-state index in [-0.39, 0.29) is 6.42 Å². The summed E-state index contributed by atoms with van der Waals surface area (Å²) in [6, 6.07) is 6.31. The molecular formula is C13H17NO5. The molecule has 0 spiro atoms. The van der Waals surface area contributed by atoms with E-state index in [1.54, 1.807) is 18.2 Å². The van der Waals surface area contributed by atoms with Crippen molar-refractivity contribution in [1.82, 2.24) is 5.32 Å². The number of esters is 1. The summed E-state index contributed by atoms with van der Waals surface area (Å²) in [7, 11) is 2.76. The number of benzene rings is 1. The van der Waals surface area contributed by atoms with Gasteiger partial charge in [-0.15, -0.1) is 0 Å². The highest BCUT2D eigenvalue weighted by Gasteiger charge is 2.22. The number of rotatable bonds is 6. The van der Waals surface area contributed by atoms with E-state index in [1.165, 1.54) is 14.2 Å². The second kappa shape index (κ2) is 7.38. The molecule has 0 aliphatic carbocycles. The molecule has 0 fully saturated rings. The van der Waals surface area contributed by atoms with E-state index in [4.69, 9.17) is 9.84 Å². The van der Waals surface area contributed by atoms with E-state index in [1.807, 2.05) is 6.07 Å². The fourth-order valence-electron chi connectivity index (χ4n) is 1.67. The molecule has 0 radical (unpaired) electrons. The Hall–Kier alpha value is -2.08. The zero-order chi connectivity index (χ0) is 14.3. The third-order valence-electron chi connectivity index (χ3n) is 2.58. The number of aliphatic hydroxyl groups is 1. The molecule has 0 aromatic heterocycles. The third kappa shape index (κ3) is 4.26. The van der Waals surface area contributed by atoms with E-state index in [0.29, 0.717) is 5.75 Å². The van der Waals surface area contributed by atoms with Gasteiger partial charge in [-0.25, -0.2) is 4.79 Å². The van der Waals surface area contributed by atoms with Gasteiger partial charge in [-0.2, -0.15) is 0 Å². The molecular weight excluding hydrogens is 250 g/mol. The maximum Gasteiger partial charge on any atom is 0.328 e. The fraction of sp³-hybridized carbons (Fsp3) is 0.385. The van der Waals surface area contributed by atoms with Gasteiger partial charge in [0.05, 0.1) is 14.2 Å². The number of para-hydroxylation sites is 1. The highest BCUT2D eigenvalue weighted by Crippen LogP contribution is 2.19. The van der Waals surface area contributed by atoms with Crippen LogP contribution in [0, 0.1) is 0 Å². The van der Waals surface area contributed by atoms with E-state index in [2.05, 4.69) is 10.1 Å². The van der Waals surface area contributed by atoms with Gasteiger partial charge in [-0.3, -0.25) is 4.79 Å². The van der Waals surface area contributed by atoms with E-state index < -0.39 is 24.5 Å². The topological polar surface area (TPSA) is 84.9 Å². The molecule has 1 rings (SSSR count). The van der Waals surface area contributed by atoms with Gasteiger partial charge in [0.1, 0.15) is 18.4 Å². The lowest BCUT2D eigenvalue weighted by molar-refractivity contribution is -0.145. The summed E-state index contributed by atoms with van der Waals surface area (Å²) >= 11 is 0. The van der Waals surface area contributed by atoms with Crippen molar-refractivity contribution in [1.29, 1.82) is 0 Å². The SMILES string of the molecule is COC(=O)[C@@H](Cc1ccccc1OC)NC(=O)CO. The summed E-state index contributed by atoms with van der Waals surface area (Å²) in [5, 5.41) is 11.1. The minimum atomic E-state index is -0.860.